The minimum atomic E-state index is -4.40. The minimum Gasteiger partial charge on any atom is -0.391 e. The fourth-order valence-corrected chi connectivity index (χ4v) is 5.03. The number of carbonyl (C=O) groups excluding carboxylic acids is 1. The van der Waals surface area contributed by atoms with Crippen LogP contribution in [0.1, 0.15) is 51.8 Å². The van der Waals surface area contributed by atoms with Gasteiger partial charge in [-0.15, -0.1) is 5.10 Å². The van der Waals surface area contributed by atoms with Crippen LogP contribution in [0.15, 0.2) is 44.4 Å². The predicted molar refractivity (Wildman–Crippen MR) is 114 cm³/mol. The van der Waals surface area contributed by atoms with Gasteiger partial charge in [-0.1, -0.05) is 18.5 Å². The lowest BCUT2D eigenvalue weighted by molar-refractivity contribution is 0.0997. The van der Waals surface area contributed by atoms with E-state index in [2.05, 4.69) is 14.9 Å². The Kier molecular flexibility index (Phi) is 6.54. The Morgan fingerprint density at radius 1 is 1.28 bits per heavy atom. The van der Waals surface area contributed by atoms with Crippen LogP contribution in [0.4, 0.5) is 4.39 Å². The second kappa shape index (κ2) is 8.85. The third-order valence-electron chi connectivity index (χ3n) is 5.16. The highest BCUT2D eigenvalue weighted by molar-refractivity contribution is 7.89. The summed E-state index contributed by atoms with van der Waals surface area (Å²) in [6, 6.07) is 4.95. The van der Waals surface area contributed by atoms with E-state index in [0.717, 1.165) is 17.7 Å². The largest absolute Gasteiger partial charge is 0.434 e. The van der Waals surface area contributed by atoms with Crippen LogP contribution >= 0.6 is 11.6 Å². The van der Waals surface area contributed by atoms with Gasteiger partial charge in [0.25, 0.3) is 0 Å². The van der Waals surface area contributed by atoms with Gasteiger partial charge in [0.05, 0.1) is 10.5 Å². The van der Waals surface area contributed by atoms with Gasteiger partial charge in [0.2, 0.25) is 21.8 Å². The molecule has 0 saturated carbocycles. The third kappa shape index (κ3) is 4.74. The molecule has 1 heterocycles. The number of rotatable bonds is 7. The number of H-pyrrole nitrogens is 1. The molecule has 9 nitrogen and oxygen atoms in total. The quantitative estimate of drug-likeness (QED) is 0.471. The second-order valence-electron chi connectivity index (χ2n) is 7.28. The van der Waals surface area contributed by atoms with Crippen molar-refractivity contribution in [1.82, 2.24) is 14.9 Å². The van der Waals surface area contributed by atoms with Gasteiger partial charge in [-0.2, -0.15) is 4.72 Å². The number of benzene rings is 2. The highest BCUT2D eigenvalue weighted by Crippen LogP contribution is 2.34. The summed E-state index contributed by atoms with van der Waals surface area (Å²) in [4.78, 5) is 22.9. The molecule has 1 aromatic heterocycles. The van der Waals surface area contributed by atoms with Gasteiger partial charge in [-0.05, 0) is 60.9 Å². The lowest BCUT2D eigenvalue weighted by Crippen LogP contribution is -2.34. The van der Waals surface area contributed by atoms with Gasteiger partial charge in [0.1, 0.15) is 11.9 Å². The van der Waals surface area contributed by atoms with Gasteiger partial charge in [-0.3, -0.25) is 4.79 Å². The van der Waals surface area contributed by atoms with E-state index in [4.69, 9.17) is 21.8 Å². The molecular formula is C20H20ClFN4O5S. The van der Waals surface area contributed by atoms with Crippen molar-refractivity contribution in [2.45, 2.75) is 37.6 Å². The van der Waals surface area contributed by atoms with Crippen LogP contribution in [0.25, 0.3) is 0 Å². The first-order valence-electron chi connectivity index (χ1n) is 9.34. The summed E-state index contributed by atoms with van der Waals surface area (Å²) < 4.78 is 48.0. The summed E-state index contributed by atoms with van der Waals surface area (Å²) in [5.74, 6) is -3.39. The van der Waals surface area contributed by atoms with E-state index in [1.807, 2.05) is 0 Å². The van der Waals surface area contributed by atoms with Crippen molar-refractivity contribution in [3.63, 3.8) is 0 Å². The molecule has 0 spiro atoms. The molecule has 3 aromatic rings. The zero-order valence-electron chi connectivity index (χ0n) is 17.3. The Morgan fingerprint density at radius 3 is 2.56 bits per heavy atom. The third-order valence-corrected chi connectivity index (χ3v) is 6.90. The van der Waals surface area contributed by atoms with Crippen LogP contribution < -0.4 is 16.2 Å². The number of aromatic nitrogens is 2. The fourth-order valence-electron chi connectivity index (χ4n) is 3.39. The van der Waals surface area contributed by atoms with Crippen LogP contribution in [0.5, 0.6) is 0 Å². The van der Waals surface area contributed by atoms with Gasteiger partial charge in [-0.25, -0.2) is 22.7 Å². The number of carbonyl (C=O) groups is 1. The molecular weight excluding hydrogens is 463 g/mol. The second-order valence-corrected chi connectivity index (χ2v) is 9.40. The molecule has 0 unspecified atom stereocenters. The normalized spacial score (nSPS) is 13.7. The Hall–Kier alpha value is -3.02. The number of nitrogens with zero attached hydrogens (tertiary/aromatic N) is 1. The van der Waals surface area contributed by atoms with Crippen LogP contribution in [0.2, 0.25) is 5.02 Å². The van der Waals surface area contributed by atoms with E-state index in [9.17, 15) is 22.4 Å². The van der Waals surface area contributed by atoms with Gasteiger partial charge < -0.3 is 10.2 Å². The number of aryl methyl sites for hydroxylation is 1. The Bertz CT molecular complexity index is 1350. The maximum Gasteiger partial charge on any atom is 0.434 e. The molecule has 0 aliphatic carbocycles. The molecule has 4 N–H and O–H groups in total. The van der Waals surface area contributed by atoms with Crippen molar-refractivity contribution in [1.29, 1.82) is 0 Å². The fraction of sp³-hybridized carbons (Fsp3) is 0.250. The number of aromatic amines is 1. The van der Waals surface area contributed by atoms with Crippen LogP contribution in [0.3, 0.4) is 0 Å². The minimum absolute atomic E-state index is 0.117. The zero-order chi connectivity index (χ0) is 23.8. The Labute approximate surface area is 187 Å². The van der Waals surface area contributed by atoms with E-state index in [1.165, 1.54) is 18.2 Å². The summed E-state index contributed by atoms with van der Waals surface area (Å²) in [5.41, 5.74) is 6.86. The number of amides is 1. The molecule has 0 aliphatic heterocycles. The average molecular weight is 483 g/mol. The molecule has 3 rings (SSSR count). The van der Waals surface area contributed by atoms with Crippen LogP contribution in [-0.4, -0.2) is 24.5 Å². The van der Waals surface area contributed by atoms with Gasteiger partial charge in [0.15, 0.2) is 0 Å². The number of nitrogens with two attached hydrogens (primary N) is 1. The average Bonchev–Trinajstić information content (AvgIpc) is 3.14. The Balaban J connectivity index is 2.13. The monoisotopic (exact) mass is 482 g/mol. The highest BCUT2D eigenvalue weighted by Gasteiger charge is 2.33. The number of primary amides is 1. The van der Waals surface area contributed by atoms with E-state index in [0.29, 0.717) is 11.1 Å². The van der Waals surface area contributed by atoms with Crippen molar-refractivity contribution >= 4 is 27.5 Å². The van der Waals surface area contributed by atoms with E-state index in [-0.39, 0.29) is 16.5 Å². The molecule has 0 aliphatic rings. The predicted octanol–water partition coefficient (Wildman–Crippen LogP) is 2.69. The standard InChI is InChI=1S/C20H20ClFN4O5S/c1-9-6-13(22)8-14(10(9)2)11(3)17(19-24-25-20(28)31-19)26-32(29,30)16-5-4-12(21)7-15(16)18(23)27/h4-8,11,17,26H,1-3H3,(H2,23,27)(H,25,28)/t11-,17+/m1/s1. The van der Waals surface area contributed by atoms with Crippen molar-refractivity contribution < 1.29 is 22.0 Å². The molecule has 0 saturated heterocycles. The molecule has 12 heteroatoms. The van der Waals surface area contributed by atoms with Gasteiger partial charge >= 0.3 is 5.76 Å². The molecule has 0 fully saturated rings. The van der Waals surface area contributed by atoms with E-state index in [1.54, 1.807) is 20.8 Å². The molecule has 0 radical (unpaired) electrons. The van der Waals surface area contributed by atoms with E-state index >= 15 is 0 Å². The number of halogens is 2. The maximum absolute atomic E-state index is 14.1. The lowest BCUT2D eigenvalue weighted by atomic mass is 9.88. The van der Waals surface area contributed by atoms with Gasteiger partial charge in [0, 0.05) is 10.9 Å². The molecule has 1 amide bonds. The van der Waals surface area contributed by atoms with Crippen LogP contribution in [-0.2, 0) is 10.0 Å². The first kappa shape index (κ1) is 23.6. The van der Waals surface area contributed by atoms with Crippen molar-refractivity contribution in [3.8, 4) is 0 Å². The maximum atomic E-state index is 14.1. The summed E-state index contributed by atoms with van der Waals surface area (Å²) in [6.45, 7) is 5.10. The smallest absolute Gasteiger partial charge is 0.391 e. The first-order chi connectivity index (χ1) is 14.9. The topological polar surface area (TPSA) is 148 Å². The summed E-state index contributed by atoms with van der Waals surface area (Å²) >= 11 is 5.87. The molecule has 0 bridgehead atoms. The number of nitrogens with one attached hydrogen (secondary N) is 2. The van der Waals surface area contributed by atoms with Crippen molar-refractivity contribution in [2.24, 2.45) is 5.73 Å². The summed E-state index contributed by atoms with van der Waals surface area (Å²) in [5, 5.41) is 5.95. The number of hydrogen-bond acceptors (Lipinski definition) is 6. The van der Waals surface area contributed by atoms with E-state index < -0.39 is 44.4 Å². The summed E-state index contributed by atoms with van der Waals surface area (Å²) in [6.07, 6.45) is 0. The van der Waals surface area contributed by atoms with Crippen molar-refractivity contribution in [2.75, 3.05) is 0 Å². The van der Waals surface area contributed by atoms with Crippen molar-refractivity contribution in [3.05, 3.63) is 79.9 Å². The zero-order valence-corrected chi connectivity index (χ0v) is 18.8. The molecule has 2 atom stereocenters. The summed E-state index contributed by atoms with van der Waals surface area (Å²) in [7, 11) is -4.40. The highest BCUT2D eigenvalue weighted by atomic mass is 35.5. The number of sulfonamides is 1. The lowest BCUT2D eigenvalue weighted by Gasteiger charge is -2.25. The molecule has 2 aromatic carbocycles. The number of hydrogen-bond donors (Lipinski definition) is 3. The molecule has 170 valence electrons. The SMILES string of the molecule is Cc1cc(F)cc([C@@H](C)[C@H](NS(=O)(=O)c2ccc(Cl)cc2C(N)=O)c2n[nH]c(=O)o2)c1C. The molecule has 32 heavy (non-hydrogen) atoms. The Morgan fingerprint density at radius 2 is 1.97 bits per heavy atom. The van der Waals surface area contributed by atoms with Crippen LogP contribution in [0, 0.1) is 19.7 Å². The first-order valence-corrected chi connectivity index (χ1v) is 11.2.